The van der Waals surface area contributed by atoms with Crippen LogP contribution >= 0.6 is 0 Å². The zero-order valence-electron chi connectivity index (χ0n) is 31.5. The first-order chi connectivity index (χ1) is 27.0. The highest BCUT2D eigenvalue weighted by Gasteiger charge is 2.52. The molecule has 11 rings (SSSR count). The van der Waals surface area contributed by atoms with Gasteiger partial charge in [0.05, 0.1) is 5.41 Å². The SMILES string of the molecule is Cc1cc(-c2ccccc2)ccc1N(c1ccc2c(c1)-c1ccccc1C2(C)C)c1ccc2c(c1)C1(C3=C(C=CC=CC3)c3ccccc31)c1ccccc1-2. The number of nitrogens with zero attached hydrogens (tertiary/aromatic N) is 1. The van der Waals surface area contributed by atoms with E-state index in [1.807, 2.05) is 0 Å². The molecule has 55 heavy (non-hydrogen) atoms. The number of rotatable bonds is 4. The lowest BCUT2D eigenvalue weighted by atomic mass is 9.68. The van der Waals surface area contributed by atoms with E-state index in [0.717, 1.165) is 6.42 Å². The highest BCUT2D eigenvalue weighted by atomic mass is 15.1. The molecule has 1 spiro atoms. The van der Waals surface area contributed by atoms with Gasteiger partial charge in [-0.1, -0.05) is 159 Å². The largest absolute Gasteiger partial charge is 0.310 e. The van der Waals surface area contributed by atoms with Crippen LogP contribution in [0.2, 0.25) is 0 Å². The number of benzene rings is 7. The van der Waals surface area contributed by atoms with Crippen LogP contribution in [0.5, 0.6) is 0 Å². The van der Waals surface area contributed by atoms with Gasteiger partial charge >= 0.3 is 0 Å². The molecule has 1 heteroatoms. The van der Waals surface area contributed by atoms with Crippen molar-refractivity contribution >= 4 is 22.6 Å². The Balaban J connectivity index is 1.17. The zero-order chi connectivity index (χ0) is 36.9. The Morgan fingerprint density at radius 2 is 1.09 bits per heavy atom. The topological polar surface area (TPSA) is 3.24 Å². The summed E-state index contributed by atoms with van der Waals surface area (Å²) in [5.74, 6) is 0. The molecule has 4 aliphatic rings. The molecule has 0 aliphatic heterocycles. The first-order valence-corrected chi connectivity index (χ1v) is 19.6. The van der Waals surface area contributed by atoms with Gasteiger partial charge in [-0.2, -0.15) is 0 Å². The molecule has 0 heterocycles. The van der Waals surface area contributed by atoms with Crippen LogP contribution in [0.25, 0.3) is 39.0 Å². The molecule has 0 radical (unpaired) electrons. The Morgan fingerprint density at radius 3 is 1.87 bits per heavy atom. The lowest BCUT2D eigenvalue weighted by Crippen LogP contribution is -2.27. The average molecular weight is 704 g/mol. The summed E-state index contributed by atoms with van der Waals surface area (Å²) in [5, 5.41) is 0. The minimum Gasteiger partial charge on any atom is -0.310 e. The minimum atomic E-state index is -0.383. The number of fused-ring (bicyclic) bond motifs is 12. The Kier molecular flexibility index (Phi) is 6.86. The number of aryl methyl sites for hydroxylation is 1. The molecule has 0 saturated heterocycles. The van der Waals surface area contributed by atoms with Gasteiger partial charge in [0.15, 0.2) is 0 Å². The van der Waals surface area contributed by atoms with Crippen LogP contribution in [0.3, 0.4) is 0 Å². The van der Waals surface area contributed by atoms with Gasteiger partial charge in [0.25, 0.3) is 0 Å². The van der Waals surface area contributed by atoms with E-state index in [1.54, 1.807) is 0 Å². The molecule has 0 saturated carbocycles. The van der Waals surface area contributed by atoms with E-state index >= 15 is 0 Å². The molecule has 0 amide bonds. The normalized spacial score (nSPS) is 17.7. The van der Waals surface area contributed by atoms with E-state index in [0.29, 0.717) is 0 Å². The van der Waals surface area contributed by atoms with Crippen molar-refractivity contribution in [3.05, 3.63) is 227 Å². The van der Waals surface area contributed by atoms with Crippen LogP contribution < -0.4 is 4.90 Å². The number of hydrogen-bond acceptors (Lipinski definition) is 1. The zero-order valence-corrected chi connectivity index (χ0v) is 31.5. The van der Waals surface area contributed by atoms with Crippen LogP contribution in [0.4, 0.5) is 17.1 Å². The summed E-state index contributed by atoms with van der Waals surface area (Å²) >= 11 is 0. The lowest BCUT2D eigenvalue weighted by molar-refractivity contribution is 0.660. The lowest BCUT2D eigenvalue weighted by Gasteiger charge is -2.34. The van der Waals surface area contributed by atoms with Crippen LogP contribution in [-0.4, -0.2) is 0 Å². The van der Waals surface area contributed by atoms with Crippen molar-refractivity contribution in [2.75, 3.05) is 4.90 Å². The summed E-state index contributed by atoms with van der Waals surface area (Å²) in [6, 6.07) is 59.4. The van der Waals surface area contributed by atoms with E-state index in [1.165, 1.54) is 101 Å². The molecule has 1 atom stereocenters. The molecule has 0 aromatic heterocycles. The molecule has 7 aromatic rings. The number of anilines is 3. The molecule has 4 aliphatic carbocycles. The van der Waals surface area contributed by atoms with Gasteiger partial charge in [0, 0.05) is 22.5 Å². The third kappa shape index (κ3) is 4.41. The minimum absolute atomic E-state index is 0.0584. The average Bonchev–Trinajstić information content (AvgIpc) is 3.64. The van der Waals surface area contributed by atoms with Gasteiger partial charge in [0.1, 0.15) is 0 Å². The summed E-state index contributed by atoms with van der Waals surface area (Å²) in [6.07, 6.45) is 10.0. The smallest absolute Gasteiger partial charge is 0.0692 e. The third-order valence-electron chi connectivity index (χ3n) is 12.9. The molecular formula is C54H41N. The summed E-state index contributed by atoms with van der Waals surface area (Å²) in [6.45, 7) is 6.98. The first kappa shape index (κ1) is 32.0. The van der Waals surface area contributed by atoms with E-state index in [-0.39, 0.29) is 10.8 Å². The summed E-state index contributed by atoms with van der Waals surface area (Å²) in [4.78, 5) is 2.51. The van der Waals surface area contributed by atoms with Gasteiger partial charge in [-0.25, -0.2) is 0 Å². The molecule has 1 nitrogen and oxygen atoms in total. The number of hydrogen-bond donors (Lipinski definition) is 0. The van der Waals surface area contributed by atoms with Crippen LogP contribution in [-0.2, 0) is 10.8 Å². The van der Waals surface area contributed by atoms with Gasteiger partial charge < -0.3 is 4.90 Å². The fraction of sp³-hybridized carbons (Fsp3) is 0.111. The van der Waals surface area contributed by atoms with Crippen LogP contribution in [0, 0.1) is 6.92 Å². The maximum Gasteiger partial charge on any atom is 0.0692 e. The molecule has 262 valence electrons. The maximum atomic E-state index is 2.52. The van der Waals surface area contributed by atoms with E-state index < -0.39 is 0 Å². The Hall–Kier alpha value is -6.44. The van der Waals surface area contributed by atoms with E-state index in [9.17, 15) is 0 Å². The van der Waals surface area contributed by atoms with Gasteiger partial charge in [0.2, 0.25) is 0 Å². The van der Waals surface area contributed by atoms with Crippen molar-refractivity contribution in [1.82, 2.24) is 0 Å². The van der Waals surface area contributed by atoms with Gasteiger partial charge in [-0.3, -0.25) is 0 Å². The monoisotopic (exact) mass is 703 g/mol. The van der Waals surface area contributed by atoms with Crippen LogP contribution in [0.1, 0.15) is 59.2 Å². The van der Waals surface area contributed by atoms with Gasteiger partial charge in [-0.15, -0.1) is 0 Å². The van der Waals surface area contributed by atoms with E-state index in [2.05, 4.69) is 208 Å². The second kappa shape index (κ2) is 11.8. The Labute approximate surface area is 324 Å². The summed E-state index contributed by atoms with van der Waals surface area (Å²) < 4.78 is 0. The fourth-order valence-corrected chi connectivity index (χ4v) is 10.5. The molecule has 0 fully saturated rings. The van der Waals surface area contributed by atoms with Crippen molar-refractivity contribution in [3.63, 3.8) is 0 Å². The Morgan fingerprint density at radius 1 is 0.473 bits per heavy atom. The quantitative estimate of drug-likeness (QED) is 0.176. The van der Waals surface area contributed by atoms with Gasteiger partial charge in [-0.05, 0) is 133 Å². The summed E-state index contributed by atoms with van der Waals surface area (Å²) in [5.41, 5.74) is 23.1. The highest BCUT2D eigenvalue weighted by molar-refractivity contribution is 5.98. The molecule has 0 N–H and O–H groups in total. The third-order valence-corrected chi connectivity index (χ3v) is 12.9. The maximum absolute atomic E-state index is 2.52. The Bertz CT molecular complexity index is 2830. The first-order valence-electron chi connectivity index (χ1n) is 19.6. The van der Waals surface area contributed by atoms with Crippen molar-refractivity contribution in [2.45, 2.75) is 38.0 Å². The predicted molar refractivity (Wildman–Crippen MR) is 230 cm³/mol. The standard InChI is InChI=1S/C54H41N/c1-35-32-37(36-16-6-4-7-17-36)26-31-52(35)55(38-28-30-47-45(33-38)43-21-10-13-22-46(43)53(47,2)3)39-27-29-44-42-20-12-15-25-50(42)54(51(44)34-39)48-23-9-5-8-18-40(48)41-19-11-14-24-49(41)54/h4-22,24-34H,23H2,1-3H3. The second-order valence-electron chi connectivity index (χ2n) is 16.1. The fourth-order valence-electron chi connectivity index (χ4n) is 10.5. The van der Waals surface area contributed by atoms with Crippen molar-refractivity contribution in [3.8, 4) is 33.4 Å². The number of allylic oxidation sites excluding steroid dienone is 6. The van der Waals surface area contributed by atoms with Crippen LogP contribution in [0.15, 0.2) is 188 Å². The molecular weight excluding hydrogens is 663 g/mol. The van der Waals surface area contributed by atoms with Crippen molar-refractivity contribution in [1.29, 1.82) is 0 Å². The molecule has 1 unspecified atom stereocenters. The molecule has 0 bridgehead atoms. The second-order valence-corrected chi connectivity index (χ2v) is 16.1. The van der Waals surface area contributed by atoms with Crippen molar-refractivity contribution in [2.24, 2.45) is 0 Å². The molecule has 7 aromatic carbocycles. The highest BCUT2D eigenvalue weighted by Crippen LogP contribution is 2.64. The van der Waals surface area contributed by atoms with Crippen molar-refractivity contribution < 1.29 is 0 Å². The van der Waals surface area contributed by atoms with E-state index in [4.69, 9.17) is 0 Å². The predicted octanol–water partition coefficient (Wildman–Crippen LogP) is 14.0. The summed E-state index contributed by atoms with van der Waals surface area (Å²) in [7, 11) is 0.